The summed E-state index contributed by atoms with van der Waals surface area (Å²) >= 11 is 0. The smallest absolute Gasteiger partial charge is 0.326 e. The van der Waals surface area contributed by atoms with Crippen molar-refractivity contribution in [3.05, 3.63) is 29.8 Å². The fourth-order valence-electron chi connectivity index (χ4n) is 2.38. The minimum absolute atomic E-state index is 0.0854. The van der Waals surface area contributed by atoms with Gasteiger partial charge in [0.2, 0.25) is 0 Å². The standard InChI is InChI=1S/C14H17NO4/c16-11-7-5-10(6-8-11)13(17)15-9-3-1-2-4-12(15)14(18)19/h5-8,12,16H,1-4,9H2,(H,18,19). The normalized spacial score (nSPS) is 19.8. The van der Waals surface area contributed by atoms with Crippen molar-refractivity contribution >= 4 is 11.9 Å². The summed E-state index contributed by atoms with van der Waals surface area (Å²) in [5.41, 5.74) is 0.408. The highest BCUT2D eigenvalue weighted by Gasteiger charge is 2.31. The Balaban J connectivity index is 2.23. The van der Waals surface area contributed by atoms with Crippen LogP contribution in [-0.4, -0.2) is 39.6 Å². The molecule has 2 rings (SSSR count). The van der Waals surface area contributed by atoms with E-state index >= 15 is 0 Å². The molecule has 5 heteroatoms. The minimum Gasteiger partial charge on any atom is -0.508 e. The van der Waals surface area contributed by atoms with Crippen LogP contribution in [-0.2, 0) is 4.79 Å². The predicted octanol–water partition coefficient (Wildman–Crippen LogP) is 1.86. The van der Waals surface area contributed by atoms with Gasteiger partial charge in [-0.3, -0.25) is 4.79 Å². The molecule has 19 heavy (non-hydrogen) atoms. The second-order valence-electron chi connectivity index (χ2n) is 4.75. The van der Waals surface area contributed by atoms with Crippen molar-refractivity contribution in [2.45, 2.75) is 31.7 Å². The highest BCUT2D eigenvalue weighted by Crippen LogP contribution is 2.20. The van der Waals surface area contributed by atoms with E-state index in [4.69, 9.17) is 0 Å². The Morgan fingerprint density at radius 3 is 2.42 bits per heavy atom. The number of hydrogen-bond acceptors (Lipinski definition) is 3. The fraction of sp³-hybridized carbons (Fsp3) is 0.429. The van der Waals surface area contributed by atoms with E-state index in [-0.39, 0.29) is 11.7 Å². The molecule has 5 nitrogen and oxygen atoms in total. The zero-order chi connectivity index (χ0) is 13.8. The summed E-state index contributed by atoms with van der Waals surface area (Å²) in [6.07, 6.45) is 3.10. The molecule has 102 valence electrons. The highest BCUT2D eigenvalue weighted by molar-refractivity contribution is 5.96. The monoisotopic (exact) mass is 263 g/mol. The van der Waals surface area contributed by atoms with Gasteiger partial charge in [-0.05, 0) is 37.1 Å². The number of phenols is 1. The second-order valence-corrected chi connectivity index (χ2v) is 4.75. The van der Waals surface area contributed by atoms with Crippen molar-refractivity contribution in [3.63, 3.8) is 0 Å². The maximum atomic E-state index is 12.4. The molecule has 1 atom stereocenters. The number of carboxylic acid groups (broad SMARTS) is 1. The average molecular weight is 263 g/mol. The minimum atomic E-state index is -0.950. The van der Waals surface area contributed by atoms with Crippen LogP contribution in [0.15, 0.2) is 24.3 Å². The number of carboxylic acids is 1. The average Bonchev–Trinajstić information content (AvgIpc) is 2.64. The maximum absolute atomic E-state index is 12.4. The molecule has 1 aliphatic rings. The third kappa shape index (κ3) is 3.05. The molecule has 1 unspecified atom stereocenters. The van der Waals surface area contributed by atoms with Gasteiger partial charge in [0, 0.05) is 12.1 Å². The van der Waals surface area contributed by atoms with Crippen molar-refractivity contribution < 1.29 is 19.8 Å². The number of rotatable bonds is 2. The fourth-order valence-corrected chi connectivity index (χ4v) is 2.38. The Bertz CT molecular complexity index is 469. The van der Waals surface area contributed by atoms with Crippen molar-refractivity contribution in [1.82, 2.24) is 4.90 Å². The molecule has 1 aliphatic heterocycles. The number of phenolic OH excluding ortho intramolecular Hbond substituents is 1. The van der Waals surface area contributed by atoms with Gasteiger partial charge in [-0.1, -0.05) is 12.8 Å². The third-order valence-corrected chi connectivity index (χ3v) is 3.41. The van der Waals surface area contributed by atoms with Gasteiger partial charge >= 0.3 is 5.97 Å². The van der Waals surface area contributed by atoms with E-state index < -0.39 is 12.0 Å². The number of carbonyl (C=O) groups is 2. The van der Waals surface area contributed by atoms with Gasteiger partial charge in [0.1, 0.15) is 11.8 Å². The van der Waals surface area contributed by atoms with E-state index in [1.54, 1.807) is 0 Å². The van der Waals surface area contributed by atoms with Crippen LogP contribution in [0.3, 0.4) is 0 Å². The van der Waals surface area contributed by atoms with E-state index in [0.29, 0.717) is 18.5 Å². The maximum Gasteiger partial charge on any atom is 0.326 e. The summed E-state index contributed by atoms with van der Waals surface area (Å²) in [5.74, 6) is -1.15. The van der Waals surface area contributed by atoms with Crippen LogP contribution in [0.25, 0.3) is 0 Å². The Morgan fingerprint density at radius 1 is 1.11 bits per heavy atom. The van der Waals surface area contributed by atoms with E-state index in [1.807, 2.05) is 0 Å². The molecule has 1 saturated heterocycles. The first kappa shape index (κ1) is 13.4. The zero-order valence-electron chi connectivity index (χ0n) is 10.6. The lowest BCUT2D eigenvalue weighted by atomic mass is 10.1. The molecule has 1 heterocycles. The van der Waals surface area contributed by atoms with Gasteiger partial charge in [-0.2, -0.15) is 0 Å². The Hall–Kier alpha value is -2.04. The van der Waals surface area contributed by atoms with Crippen LogP contribution in [0.2, 0.25) is 0 Å². The predicted molar refractivity (Wildman–Crippen MR) is 69.0 cm³/mol. The van der Waals surface area contributed by atoms with Crippen molar-refractivity contribution in [1.29, 1.82) is 0 Å². The van der Waals surface area contributed by atoms with Crippen molar-refractivity contribution in [2.24, 2.45) is 0 Å². The van der Waals surface area contributed by atoms with Crippen molar-refractivity contribution in [2.75, 3.05) is 6.54 Å². The third-order valence-electron chi connectivity index (χ3n) is 3.41. The summed E-state index contributed by atoms with van der Waals surface area (Å²) in [5, 5.41) is 18.5. The van der Waals surface area contributed by atoms with E-state index in [0.717, 1.165) is 19.3 Å². The lowest BCUT2D eigenvalue weighted by molar-refractivity contribution is -0.142. The van der Waals surface area contributed by atoms with Crippen molar-refractivity contribution in [3.8, 4) is 5.75 Å². The summed E-state index contributed by atoms with van der Waals surface area (Å²) in [6, 6.07) is 5.15. The Kier molecular flexibility index (Phi) is 4.04. The number of nitrogens with zero attached hydrogens (tertiary/aromatic N) is 1. The zero-order valence-corrected chi connectivity index (χ0v) is 10.6. The van der Waals surface area contributed by atoms with Crippen LogP contribution in [0.4, 0.5) is 0 Å². The van der Waals surface area contributed by atoms with E-state index in [2.05, 4.69) is 0 Å². The molecule has 0 aromatic heterocycles. The molecule has 1 fully saturated rings. The molecule has 1 amide bonds. The van der Waals surface area contributed by atoms with Gasteiger partial charge < -0.3 is 15.1 Å². The van der Waals surface area contributed by atoms with Crippen LogP contribution < -0.4 is 0 Å². The van der Waals surface area contributed by atoms with Gasteiger partial charge in [0.15, 0.2) is 0 Å². The number of carbonyl (C=O) groups excluding carboxylic acids is 1. The summed E-state index contributed by atoms with van der Waals surface area (Å²) < 4.78 is 0. The number of aromatic hydroxyl groups is 1. The molecule has 2 N–H and O–H groups in total. The summed E-state index contributed by atoms with van der Waals surface area (Å²) in [7, 11) is 0. The molecule has 0 saturated carbocycles. The molecule has 1 aromatic rings. The van der Waals surface area contributed by atoms with Crippen LogP contribution in [0.1, 0.15) is 36.0 Å². The highest BCUT2D eigenvalue weighted by atomic mass is 16.4. The number of amides is 1. The molecular formula is C14H17NO4. The van der Waals surface area contributed by atoms with Gasteiger partial charge in [-0.15, -0.1) is 0 Å². The SMILES string of the molecule is O=C(O)C1CCCCCN1C(=O)c1ccc(O)cc1. The number of aliphatic carboxylic acids is 1. The lowest BCUT2D eigenvalue weighted by Crippen LogP contribution is -2.44. The van der Waals surface area contributed by atoms with Gasteiger partial charge in [-0.25, -0.2) is 4.79 Å². The molecule has 0 bridgehead atoms. The van der Waals surface area contributed by atoms with Crippen LogP contribution in [0.5, 0.6) is 5.75 Å². The van der Waals surface area contributed by atoms with Gasteiger partial charge in [0.05, 0.1) is 0 Å². The lowest BCUT2D eigenvalue weighted by Gasteiger charge is -2.27. The first-order chi connectivity index (χ1) is 9.09. The largest absolute Gasteiger partial charge is 0.508 e. The van der Waals surface area contributed by atoms with Gasteiger partial charge in [0.25, 0.3) is 5.91 Å². The summed E-state index contributed by atoms with van der Waals surface area (Å²) in [4.78, 5) is 25.1. The van der Waals surface area contributed by atoms with Crippen LogP contribution in [0, 0.1) is 0 Å². The number of benzene rings is 1. The van der Waals surface area contributed by atoms with E-state index in [9.17, 15) is 19.8 Å². The molecule has 0 radical (unpaired) electrons. The quantitative estimate of drug-likeness (QED) is 0.853. The summed E-state index contributed by atoms with van der Waals surface area (Å²) in [6.45, 7) is 0.469. The molecule has 0 spiro atoms. The Morgan fingerprint density at radius 2 is 1.79 bits per heavy atom. The topological polar surface area (TPSA) is 77.8 Å². The first-order valence-electron chi connectivity index (χ1n) is 6.42. The molecule has 1 aromatic carbocycles. The van der Waals surface area contributed by atoms with Crippen LogP contribution >= 0.6 is 0 Å². The Labute approximate surface area is 111 Å². The first-order valence-corrected chi connectivity index (χ1v) is 6.42. The number of hydrogen-bond donors (Lipinski definition) is 2. The second kappa shape index (κ2) is 5.73. The molecule has 0 aliphatic carbocycles. The van der Waals surface area contributed by atoms with E-state index in [1.165, 1.54) is 29.2 Å². The molecular weight excluding hydrogens is 246 g/mol. The number of likely N-dealkylation sites (tertiary alicyclic amines) is 1.